The van der Waals surface area contributed by atoms with Crippen LogP contribution in [0.1, 0.15) is 39.5 Å². The van der Waals surface area contributed by atoms with E-state index in [0.29, 0.717) is 12.8 Å². The van der Waals surface area contributed by atoms with Gasteiger partial charge in [-0.1, -0.05) is 26.7 Å². The Bertz CT molecular complexity index is 494. The van der Waals surface area contributed by atoms with Gasteiger partial charge in [-0.05, 0) is 37.1 Å². The van der Waals surface area contributed by atoms with Crippen molar-refractivity contribution in [1.29, 1.82) is 5.26 Å². The van der Waals surface area contributed by atoms with Gasteiger partial charge in [0.25, 0.3) is 0 Å². The molecule has 1 aromatic carbocycles. The van der Waals surface area contributed by atoms with E-state index in [0.717, 1.165) is 24.2 Å². The summed E-state index contributed by atoms with van der Waals surface area (Å²) >= 11 is 0. The predicted octanol–water partition coefficient (Wildman–Crippen LogP) is 3.80. The minimum Gasteiger partial charge on any atom is -0.378 e. The number of anilines is 2. The van der Waals surface area contributed by atoms with E-state index in [1.54, 1.807) is 0 Å². The molecule has 0 bridgehead atoms. The monoisotopic (exact) mass is 287 g/mol. The van der Waals surface area contributed by atoms with Gasteiger partial charge < -0.3 is 10.2 Å². The first kappa shape index (κ1) is 17.0. The minimum absolute atomic E-state index is 0.189. The second kappa shape index (κ2) is 7.68. The van der Waals surface area contributed by atoms with Gasteiger partial charge in [-0.15, -0.1) is 0 Å². The van der Waals surface area contributed by atoms with Gasteiger partial charge in [-0.25, -0.2) is 0 Å². The lowest BCUT2D eigenvalue weighted by Crippen LogP contribution is -2.35. The number of hydrogen-bond donors (Lipinski definition) is 1. The summed E-state index contributed by atoms with van der Waals surface area (Å²) in [6.45, 7) is 4.00. The molecule has 0 saturated heterocycles. The number of carbonyl (C=O) groups excluding carboxylic acids is 1. The van der Waals surface area contributed by atoms with Gasteiger partial charge in [-0.3, -0.25) is 4.79 Å². The molecule has 0 fully saturated rings. The van der Waals surface area contributed by atoms with Crippen molar-refractivity contribution in [2.45, 2.75) is 39.5 Å². The smallest absolute Gasteiger partial charge is 0.244 e. The molecule has 1 rings (SSSR count). The van der Waals surface area contributed by atoms with Gasteiger partial charge >= 0.3 is 0 Å². The van der Waals surface area contributed by atoms with E-state index in [4.69, 9.17) is 0 Å². The molecule has 0 spiro atoms. The fourth-order valence-electron chi connectivity index (χ4n) is 2.46. The first-order valence-corrected chi connectivity index (χ1v) is 7.49. The van der Waals surface area contributed by atoms with Crippen molar-refractivity contribution in [3.63, 3.8) is 0 Å². The molecule has 1 aromatic rings. The Kier molecular flexibility index (Phi) is 6.23. The Hall–Kier alpha value is -2.02. The Balaban J connectivity index is 2.88. The van der Waals surface area contributed by atoms with Gasteiger partial charge in [0, 0.05) is 25.5 Å². The molecule has 1 N–H and O–H groups in total. The van der Waals surface area contributed by atoms with Crippen molar-refractivity contribution in [2.75, 3.05) is 24.3 Å². The van der Waals surface area contributed by atoms with E-state index in [9.17, 15) is 10.1 Å². The van der Waals surface area contributed by atoms with Gasteiger partial charge in [0.1, 0.15) is 5.41 Å². The lowest BCUT2D eigenvalue weighted by atomic mass is 9.79. The SMILES string of the molecule is CCCC(C#N)(CCC)C(=O)Nc1ccc(N(C)C)cc1. The summed E-state index contributed by atoms with van der Waals surface area (Å²) in [5, 5.41) is 12.4. The summed E-state index contributed by atoms with van der Waals surface area (Å²) in [4.78, 5) is 14.5. The third-order valence-electron chi connectivity index (χ3n) is 3.64. The molecule has 0 saturated carbocycles. The van der Waals surface area contributed by atoms with Crippen LogP contribution >= 0.6 is 0 Å². The maximum Gasteiger partial charge on any atom is 0.244 e. The Morgan fingerprint density at radius 1 is 1.19 bits per heavy atom. The van der Waals surface area contributed by atoms with Gasteiger partial charge in [0.15, 0.2) is 0 Å². The molecule has 0 aliphatic rings. The van der Waals surface area contributed by atoms with Crippen LogP contribution in [0, 0.1) is 16.7 Å². The standard InChI is InChI=1S/C17H25N3O/c1-5-11-17(13-18,12-6-2)16(21)19-14-7-9-15(10-8-14)20(3)4/h7-10H,5-6,11-12H2,1-4H3,(H,19,21). The lowest BCUT2D eigenvalue weighted by Gasteiger charge is -2.24. The number of nitriles is 1. The average molecular weight is 287 g/mol. The molecule has 4 nitrogen and oxygen atoms in total. The van der Waals surface area contributed by atoms with Crippen LogP contribution in [0.3, 0.4) is 0 Å². The largest absolute Gasteiger partial charge is 0.378 e. The summed E-state index contributed by atoms with van der Waals surface area (Å²) in [6.07, 6.45) is 2.83. The van der Waals surface area contributed by atoms with Crippen molar-refractivity contribution in [3.05, 3.63) is 24.3 Å². The normalized spacial score (nSPS) is 10.8. The van der Waals surface area contributed by atoms with E-state index < -0.39 is 5.41 Å². The topological polar surface area (TPSA) is 56.1 Å². The van der Waals surface area contributed by atoms with Crippen molar-refractivity contribution in [1.82, 2.24) is 0 Å². The summed E-state index contributed by atoms with van der Waals surface area (Å²) in [5.41, 5.74) is 0.892. The maximum atomic E-state index is 12.5. The summed E-state index contributed by atoms with van der Waals surface area (Å²) in [7, 11) is 3.94. The molecule has 4 heteroatoms. The first-order valence-electron chi connectivity index (χ1n) is 7.49. The van der Waals surface area contributed by atoms with Crippen molar-refractivity contribution >= 4 is 17.3 Å². The Labute approximate surface area is 127 Å². The molecular weight excluding hydrogens is 262 g/mol. The molecule has 1 amide bonds. The number of nitrogens with zero attached hydrogens (tertiary/aromatic N) is 2. The second-order valence-electron chi connectivity index (χ2n) is 5.59. The second-order valence-corrected chi connectivity index (χ2v) is 5.59. The highest BCUT2D eigenvalue weighted by Crippen LogP contribution is 2.31. The van der Waals surface area contributed by atoms with Crippen LogP contribution in [-0.4, -0.2) is 20.0 Å². The zero-order valence-corrected chi connectivity index (χ0v) is 13.4. The van der Waals surface area contributed by atoms with E-state index in [-0.39, 0.29) is 5.91 Å². The fourth-order valence-corrected chi connectivity index (χ4v) is 2.46. The third kappa shape index (κ3) is 4.22. The number of benzene rings is 1. The Morgan fingerprint density at radius 2 is 1.71 bits per heavy atom. The van der Waals surface area contributed by atoms with Crippen molar-refractivity contribution < 1.29 is 4.79 Å². The Morgan fingerprint density at radius 3 is 2.10 bits per heavy atom. The quantitative estimate of drug-likeness (QED) is 0.829. The van der Waals surface area contributed by atoms with Crippen LogP contribution in [0.4, 0.5) is 11.4 Å². The molecule has 0 aliphatic heterocycles. The van der Waals surface area contributed by atoms with E-state index in [1.807, 2.05) is 57.1 Å². The zero-order valence-electron chi connectivity index (χ0n) is 13.4. The van der Waals surface area contributed by atoms with Gasteiger partial charge in [-0.2, -0.15) is 5.26 Å². The van der Waals surface area contributed by atoms with Crippen LogP contribution < -0.4 is 10.2 Å². The summed E-state index contributed by atoms with van der Waals surface area (Å²) in [5.74, 6) is -0.189. The molecule has 0 radical (unpaired) electrons. The lowest BCUT2D eigenvalue weighted by molar-refractivity contribution is -0.123. The molecule has 0 aromatic heterocycles. The van der Waals surface area contributed by atoms with Crippen LogP contribution in [-0.2, 0) is 4.79 Å². The summed E-state index contributed by atoms with van der Waals surface area (Å²) < 4.78 is 0. The van der Waals surface area contributed by atoms with Crippen LogP contribution in [0.5, 0.6) is 0 Å². The number of hydrogen-bond acceptors (Lipinski definition) is 3. The van der Waals surface area contributed by atoms with Gasteiger partial charge in [0.05, 0.1) is 6.07 Å². The number of nitrogens with one attached hydrogen (secondary N) is 1. The van der Waals surface area contributed by atoms with Crippen molar-refractivity contribution in [3.8, 4) is 6.07 Å². The van der Waals surface area contributed by atoms with Crippen LogP contribution in [0.25, 0.3) is 0 Å². The number of carbonyl (C=O) groups is 1. The third-order valence-corrected chi connectivity index (χ3v) is 3.64. The fraction of sp³-hybridized carbons (Fsp3) is 0.529. The molecule has 0 atom stereocenters. The molecule has 0 unspecified atom stereocenters. The van der Waals surface area contributed by atoms with E-state index in [2.05, 4.69) is 11.4 Å². The van der Waals surface area contributed by atoms with E-state index >= 15 is 0 Å². The maximum absolute atomic E-state index is 12.5. The molecule has 0 aliphatic carbocycles. The number of amides is 1. The molecule has 114 valence electrons. The van der Waals surface area contributed by atoms with E-state index in [1.165, 1.54) is 0 Å². The minimum atomic E-state index is -0.913. The number of rotatable bonds is 7. The highest BCUT2D eigenvalue weighted by Gasteiger charge is 2.36. The zero-order chi connectivity index (χ0) is 15.9. The highest BCUT2D eigenvalue weighted by molar-refractivity contribution is 5.97. The van der Waals surface area contributed by atoms with Crippen molar-refractivity contribution in [2.24, 2.45) is 5.41 Å². The average Bonchev–Trinajstić information content (AvgIpc) is 2.47. The van der Waals surface area contributed by atoms with Crippen LogP contribution in [0.2, 0.25) is 0 Å². The highest BCUT2D eigenvalue weighted by atomic mass is 16.2. The first-order chi connectivity index (χ1) is 9.99. The predicted molar refractivity (Wildman–Crippen MR) is 87.3 cm³/mol. The summed E-state index contributed by atoms with van der Waals surface area (Å²) in [6, 6.07) is 9.88. The van der Waals surface area contributed by atoms with Crippen LogP contribution in [0.15, 0.2) is 24.3 Å². The molecule has 21 heavy (non-hydrogen) atoms. The molecule has 0 heterocycles. The molecular formula is C17H25N3O. The van der Waals surface area contributed by atoms with Gasteiger partial charge in [0.2, 0.25) is 5.91 Å².